The molecule has 0 radical (unpaired) electrons. The predicted octanol–water partition coefficient (Wildman–Crippen LogP) is 3.93. The van der Waals surface area contributed by atoms with Crippen molar-refractivity contribution in [3.05, 3.63) is 71.9 Å². The number of nitrogens with zero attached hydrogens (tertiary/aromatic N) is 2. The van der Waals surface area contributed by atoms with Crippen LogP contribution in [0.2, 0.25) is 0 Å². The molecule has 0 aliphatic rings. The number of aryl methyl sites for hydroxylation is 2. The Labute approximate surface area is 147 Å². The van der Waals surface area contributed by atoms with Gasteiger partial charge in [0.25, 0.3) is 0 Å². The fraction of sp³-hybridized carbons (Fsp3) is 0.200. The number of hydrogen-bond donors (Lipinski definition) is 2. The fourth-order valence-corrected chi connectivity index (χ4v) is 2.52. The number of hydrogen-bond acceptors (Lipinski definition) is 3. The summed E-state index contributed by atoms with van der Waals surface area (Å²) in [4.78, 5) is 12.4. The van der Waals surface area contributed by atoms with Gasteiger partial charge >= 0.3 is 0 Å². The second-order valence-electron chi connectivity index (χ2n) is 6.15. The number of benzene rings is 2. The van der Waals surface area contributed by atoms with Crippen molar-refractivity contribution in [1.29, 1.82) is 0 Å². The van der Waals surface area contributed by atoms with E-state index in [2.05, 4.69) is 15.7 Å². The maximum absolute atomic E-state index is 12.4. The van der Waals surface area contributed by atoms with Crippen molar-refractivity contribution in [3.8, 4) is 5.69 Å². The molecule has 5 heteroatoms. The third-order valence-electron chi connectivity index (χ3n) is 4.02. The average molecular weight is 334 g/mol. The third kappa shape index (κ3) is 4.07. The molecule has 0 bridgehead atoms. The van der Waals surface area contributed by atoms with Gasteiger partial charge in [0, 0.05) is 18.0 Å². The summed E-state index contributed by atoms with van der Waals surface area (Å²) < 4.78 is 1.78. The maximum Gasteiger partial charge on any atom is 0.246 e. The van der Waals surface area contributed by atoms with Gasteiger partial charge in [-0.15, -0.1) is 0 Å². The van der Waals surface area contributed by atoms with E-state index in [4.69, 9.17) is 0 Å². The predicted molar refractivity (Wildman–Crippen MR) is 101 cm³/mol. The lowest BCUT2D eigenvalue weighted by Gasteiger charge is -2.15. The lowest BCUT2D eigenvalue weighted by Crippen LogP contribution is -2.32. The fourth-order valence-electron chi connectivity index (χ4n) is 2.52. The Morgan fingerprint density at radius 3 is 2.60 bits per heavy atom. The SMILES string of the molecule is Cc1ccc(C)c(NC(=O)[C@H](C)Nc2ccn(-c3ccccc3)n2)c1. The largest absolute Gasteiger partial charge is 0.357 e. The first-order valence-electron chi connectivity index (χ1n) is 8.28. The highest BCUT2D eigenvalue weighted by atomic mass is 16.2. The number of rotatable bonds is 5. The molecule has 0 saturated heterocycles. The summed E-state index contributed by atoms with van der Waals surface area (Å²) in [6.07, 6.45) is 1.87. The number of carbonyl (C=O) groups is 1. The van der Waals surface area contributed by atoms with E-state index in [0.717, 1.165) is 22.5 Å². The Morgan fingerprint density at radius 1 is 1.08 bits per heavy atom. The second kappa shape index (κ2) is 7.21. The van der Waals surface area contributed by atoms with Crippen molar-refractivity contribution in [3.63, 3.8) is 0 Å². The Morgan fingerprint density at radius 2 is 1.84 bits per heavy atom. The van der Waals surface area contributed by atoms with E-state index in [-0.39, 0.29) is 5.91 Å². The van der Waals surface area contributed by atoms with Crippen LogP contribution in [0.4, 0.5) is 11.5 Å². The van der Waals surface area contributed by atoms with E-state index < -0.39 is 6.04 Å². The van der Waals surface area contributed by atoms with Crippen LogP contribution < -0.4 is 10.6 Å². The summed E-state index contributed by atoms with van der Waals surface area (Å²) >= 11 is 0. The zero-order valence-corrected chi connectivity index (χ0v) is 14.7. The van der Waals surface area contributed by atoms with E-state index in [1.54, 1.807) is 4.68 Å². The molecule has 5 nitrogen and oxygen atoms in total. The average Bonchev–Trinajstić information content (AvgIpc) is 3.07. The maximum atomic E-state index is 12.4. The van der Waals surface area contributed by atoms with Crippen molar-refractivity contribution in [2.45, 2.75) is 26.8 Å². The summed E-state index contributed by atoms with van der Waals surface area (Å²) in [5.41, 5.74) is 3.97. The number of anilines is 2. The van der Waals surface area contributed by atoms with Crippen LogP contribution in [0.1, 0.15) is 18.1 Å². The van der Waals surface area contributed by atoms with Crippen molar-refractivity contribution in [1.82, 2.24) is 9.78 Å². The summed E-state index contributed by atoms with van der Waals surface area (Å²) in [7, 11) is 0. The molecule has 0 unspecified atom stereocenters. The molecule has 1 heterocycles. The minimum atomic E-state index is -0.404. The van der Waals surface area contributed by atoms with Crippen molar-refractivity contribution in [2.24, 2.45) is 0 Å². The molecule has 1 atom stereocenters. The van der Waals surface area contributed by atoms with Crippen molar-refractivity contribution >= 4 is 17.4 Å². The summed E-state index contributed by atoms with van der Waals surface area (Å²) in [6, 6.07) is 17.3. The lowest BCUT2D eigenvalue weighted by atomic mass is 10.1. The van der Waals surface area contributed by atoms with Crippen LogP contribution in [0.15, 0.2) is 60.8 Å². The van der Waals surface area contributed by atoms with E-state index in [1.807, 2.05) is 81.6 Å². The van der Waals surface area contributed by atoms with Gasteiger partial charge in [0.2, 0.25) is 5.91 Å². The van der Waals surface area contributed by atoms with Crippen molar-refractivity contribution < 1.29 is 4.79 Å². The van der Waals surface area contributed by atoms with E-state index in [0.29, 0.717) is 5.82 Å². The lowest BCUT2D eigenvalue weighted by molar-refractivity contribution is -0.116. The Balaban J connectivity index is 1.66. The Hall–Kier alpha value is -3.08. The molecular formula is C20H22N4O. The molecule has 2 aromatic carbocycles. The molecular weight excluding hydrogens is 312 g/mol. The number of nitrogens with one attached hydrogen (secondary N) is 2. The number of aromatic nitrogens is 2. The molecule has 0 aliphatic carbocycles. The first kappa shape index (κ1) is 16.8. The van der Waals surface area contributed by atoms with Gasteiger partial charge in [-0.3, -0.25) is 4.79 Å². The molecule has 1 aromatic heterocycles. The van der Waals surface area contributed by atoms with Gasteiger partial charge in [-0.2, -0.15) is 5.10 Å². The normalized spacial score (nSPS) is 11.8. The summed E-state index contributed by atoms with van der Waals surface area (Å²) in [5.74, 6) is 0.565. The van der Waals surface area contributed by atoms with Crippen LogP contribution in [0.25, 0.3) is 5.69 Å². The van der Waals surface area contributed by atoms with Gasteiger partial charge in [-0.05, 0) is 50.1 Å². The molecule has 0 fully saturated rings. The molecule has 3 rings (SSSR count). The number of carbonyl (C=O) groups excluding carboxylic acids is 1. The third-order valence-corrected chi connectivity index (χ3v) is 4.02. The van der Waals surface area contributed by atoms with Crippen LogP contribution >= 0.6 is 0 Å². The Bertz CT molecular complexity index is 870. The second-order valence-corrected chi connectivity index (χ2v) is 6.15. The van der Waals surface area contributed by atoms with Crippen LogP contribution in [-0.2, 0) is 4.79 Å². The topological polar surface area (TPSA) is 59.0 Å². The molecule has 128 valence electrons. The smallest absolute Gasteiger partial charge is 0.246 e. The Kier molecular flexibility index (Phi) is 4.84. The van der Waals surface area contributed by atoms with Gasteiger partial charge in [-0.25, -0.2) is 4.68 Å². The first-order valence-corrected chi connectivity index (χ1v) is 8.28. The van der Waals surface area contributed by atoms with Gasteiger partial charge in [0.05, 0.1) is 5.69 Å². The van der Waals surface area contributed by atoms with Crippen LogP contribution in [-0.4, -0.2) is 21.7 Å². The first-order chi connectivity index (χ1) is 12.0. The minimum Gasteiger partial charge on any atom is -0.357 e. The monoisotopic (exact) mass is 334 g/mol. The summed E-state index contributed by atoms with van der Waals surface area (Å²) in [6.45, 7) is 5.81. The standard InChI is InChI=1S/C20H22N4O/c1-14-9-10-15(2)18(13-14)22-20(25)16(3)21-19-11-12-24(23-19)17-7-5-4-6-8-17/h4-13,16H,1-3H3,(H,21,23)(H,22,25)/t16-/m0/s1. The van der Waals surface area contributed by atoms with E-state index in [1.165, 1.54) is 0 Å². The van der Waals surface area contributed by atoms with Crippen molar-refractivity contribution in [2.75, 3.05) is 10.6 Å². The molecule has 25 heavy (non-hydrogen) atoms. The highest BCUT2D eigenvalue weighted by Crippen LogP contribution is 2.17. The molecule has 0 aliphatic heterocycles. The molecule has 1 amide bonds. The van der Waals surface area contributed by atoms with E-state index in [9.17, 15) is 4.79 Å². The van der Waals surface area contributed by atoms with Gasteiger partial charge < -0.3 is 10.6 Å². The minimum absolute atomic E-state index is 0.0945. The molecule has 3 aromatic rings. The zero-order valence-electron chi connectivity index (χ0n) is 14.7. The highest BCUT2D eigenvalue weighted by molar-refractivity contribution is 5.96. The number of amides is 1. The van der Waals surface area contributed by atoms with Gasteiger partial charge in [0.15, 0.2) is 0 Å². The van der Waals surface area contributed by atoms with Gasteiger partial charge in [-0.1, -0.05) is 30.3 Å². The van der Waals surface area contributed by atoms with Gasteiger partial charge in [0.1, 0.15) is 11.9 Å². The zero-order chi connectivity index (χ0) is 17.8. The van der Waals surface area contributed by atoms with Crippen LogP contribution in [0, 0.1) is 13.8 Å². The van der Waals surface area contributed by atoms with Crippen LogP contribution in [0.3, 0.4) is 0 Å². The molecule has 2 N–H and O–H groups in total. The molecule has 0 spiro atoms. The van der Waals surface area contributed by atoms with Crippen LogP contribution in [0.5, 0.6) is 0 Å². The quantitative estimate of drug-likeness (QED) is 0.743. The summed E-state index contributed by atoms with van der Waals surface area (Å²) in [5, 5.41) is 10.6. The number of para-hydroxylation sites is 1. The van der Waals surface area contributed by atoms with E-state index >= 15 is 0 Å². The highest BCUT2D eigenvalue weighted by Gasteiger charge is 2.15. The molecule has 0 saturated carbocycles.